The molecule has 0 saturated carbocycles. The Balaban J connectivity index is 2.10. The van der Waals surface area contributed by atoms with Crippen LogP contribution >= 0.6 is 0 Å². The molecule has 1 atom stereocenters. The zero-order valence-corrected chi connectivity index (χ0v) is 14.4. The van der Waals surface area contributed by atoms with E-state index in [-0.39, 0.29) is 24.9 Å². The van der Waals surface area contributed by atoms with Crippen LogP contribution < -0.4 is 15.2 Å². The minimum atomic E-state index is -3.76. The number of rotatable bonds is 6. The van der Waals surface area contributed by atoms with Crippen LogP contribution in [0.2, 0.25) is 0 Å². The van der Waals surface area contributed by atoms with Gasteiger partial charge >= 0.3 is 12.9 Å². The van der Waals surface area contributed by atoms with Crippen molar-refractivity contribution < 1.29 is 32.5 Å². The molecule has 1 aromatic carbocycles. The van der Waals surface area contributed by atoms with E-state index in [1.807, 2.05) is 0 Å². The van der Waals surface area contributed by atoms with Crippen LogP contribution in [0, 0.1) is 0 Å². The number of fused-ring (bicyclic) bond motifs is 1. The Kier molecular flexibility index (Phi) is 6.04. The number of nitrogens with two attached hydrogens (primary N) is 1. The van der Waals surface area contributed by atoms with E-state index in [2.05, 4.69) is 5.32 Å². The molecule has 0 fully saturated rings. The highest BCUT2D eigenvalue weighted by molar-refractivity contribution is 7.89. The van der Waals surface area contributed by atoms with Crippen LogP contribution in [0.5, 0.6) is 5.75 Å². The molecule has 25 heavy (non-hydrogen) atoms. The topological polar surface area (TPSA) is 145 Å². The zero-order chi connectivity index (χ0) is 18.6. The highest BCUT2D eigenvalue weighted by Crippen LogP contribution is 2.29. The number of ether oxygens (including phenoxy) is 2. The van der Waals surface area contributed by atoms with Crippen molar-refractivity contribution in [1.29, 1.82) is 0 Å². The third-order valence-electron chi connectivity index (χ3n) is 3.56. The lowest BCUT2D eigenvalue weighted by Crippen LogP contribution is -2.53. The first-order valence-corrected chi connectivity index (χ1v) is 9.36. The summed E-state index contributed by atoms with van der Waals surface area (Å²) in [5.41, 5.74) is 0.779. The maximum absolute atomic E-state index is 12.0. The third-order valence-corrected chi connectivity index (χ3v) is 4.34. The Labute approximate surface area is 145 Å². The fourth-order valence-electron chi connectivity index (χ4n) is 2.41. The highest BCUT2D eigenvalue weighted by Gasteiger charge is 2.36. The first-order valence-electron chi connectivity index (χ1n) is 7.65. The van der Waals surface area contributed by atoms with E-state index in [0.717, 1.165) is 0 Å². The van der Waals surface area contributed by atoms with Gasteiger partial charge in [-0.3, -0.25) is 4.79 Å². The zero-order valence-electron chi connectivity index (χ0n) is 13.6. The lowest BCUT2D eigenvalue weighted by atomic mass is 9.59. The van der Waals surface area contributed by atoms with Crippen LogP contribution in [0.25, 0.3) is 0 Å². The SMILES string of the molecule is CCOC(=O)c1cccc2c1CB(O)[C@H](NC(=O)CCS(N)(=O)=O)O2. The fraction of sp³-hybridized carbons (Fsp3) is 0.429. The molecule has 11 heteroatoms. The van der Waals surface area contributed by atoms with Crippen LogP contribution in [-0.4, -0.2) is 50.7 Å². The Morgan fingerprint density at radius 3 is 2.84 bits per heavy atom. The minimum Gasteiger partial charge on any atom is -0.475 e. The summed E-state index contributed by atoms with van der Waals surface area (Å²) in [6.45, 7) is 0.793. The summed E-state index contributed by atoms with van der Waals surface area (Å²) in [5, 5.41) is 17.4. The van der Waals surface area contributed by atoms with E-state index < -0.39 is 40.7 Å². The Morgan fingerprint density at radius 2 is 2.20 bits per heavy atom. The maximum atomic E-state index is 12.0. The summed E-state index contributed by atoms with van der Waals surface area (Å²) < 4.78 is 32.3. The van der Waals surface area contributed by atoms with Crippen molar-refractivity contribution in [2.24, 2.45) is 5.14 Å². The summed E-state index contributed by atoms with van der Waals surface area (Å²) in [6.07, 6.45) is -1.33. The van der Waals surface area contributed by atoms with Gasteiger partial charge in [-0.1, -0.05) is 6.07 Å². The van der Waals surface area contributed by atoms with Gasteiger partial charge < -0.3 is 19.8 Å². The van der Waals surface area contributed by atoms with E-state index in [1.54, 1.807) is 25.1 Å². The van der Waals surface area contributed by atoms with E-state index >= 15 is 0 Å². The van der Waals surface area contributed by atoms with Crippen molar-refractivity contribution in [2.45, 2.75) is 25.8 Å². The number of hydrogen-bond donors (Lipinski definition) is 3. The number of esters is 1. The quantitative estimate of drug-likeness (QED) is 0.429. The molecule has 2 rings (SSSR count). The molecular formula is C14H19BN2O7S. The number of hydrogen-bond acceptors (Lipinski definition) is 7. The smallest absolute Gasteiger partial charge is 0.365 e. The normalized spacial score (nSPS) is 16.6. The summed E-state index contributed by atoms with van der Waals surface area (Å²) in [7, 11) is -3.76. The second-order valence-corrected chi connectivity index (χ2v) is 7.23. The number of primary sulfonamides is 1. The molecule has 1 aromatic rings. The number of carbonyl (C=O) groups is 2. The lowest BCUT2D eigenvalue weighted by molar-refractivity contribution is -0.122. The van der Waals surface area contributed by atoms with Gasteiger partial charge in [0.2, 0.25) is 15.9 Å². The highest BCUT2D eigenvalue weighted by atomic mass is 32.2. The molecule has 0 unspecified atom stereocenters. The molecule has 0 aliphatic carbocycles. The molecule has 4 N–H and O–H groups in total. The van der Waals surface area contributed by atoms with Crippen molar-refractivity contribution in [3.8, 4) is 5.75 Å². The van der Waals surface area contributed by atoms with Crippen molar-refractivity contribution in [3.05, 3.63) is 29.3 Å². The molecule has 136 valence electrons. The molecule has 0 spiro atoms. The molecule has 0 aromatic heterocycles. The molecular weight excluding hydrogens is 351 g/mol. The summed E-state index contributed by atoms with van der Waals surface area (Å²) >= 11 is 0. The monoisotopic (exact) mass is 370 g/mol. The van der Waals surface area contributed by atoms with Gasteiger partial charge in [0.15, 0.2) is 6.13 Å². The van der Waals surface area contributed by atoms with Gasteiger partial charge in [-0.25, -0.2) is 18.4 Å². The molecule has 1 aliphatic heterocycles. The second-order valence-electron chi connectivity index (χ2n) is 5.50. The number of sulfonamides is 1. The average molecular weight is 370 g/mol. The maximum Gasteiger partial charge on any atom is 0.365 e. The summed E-state index contributed by atoms with van der Waals surface area (Å²) in [5.74, 6) is -1.31. The van der Waals surface area contributed by atoms with Gasteiger partial charge in [0.25, 0.3) is 0 Å². The Hall–Kier alpha value is -2.11. The van der Waals surface area contributed by atoms with Crippen molar-refractivity contribution in [3.63, 3.8) is 0 Å². The van der Waals surface area contributed by atoms with Crippen molar-refractivity contribution in [1.82, 2.24) is 5.32 Å². The van der Waals surface area contributed by atoms with Gasteiger partial charge in [0, 0.05) is 12.0 Å². The standard InChI is InChI=1S/C14H19BN2O7S/c1-2-23-13(19)9-4-3-5-11-10(9)8-15(20)14(24-11)17-12(18)6-7-25(16,21)22/h3-5,14,20H,2,6-8H2,1H3,(H,17,18)(H2,16,21,22)/t14-/m1/s1. The molecule has 0 radical (unpaired) electrons. The predicted molar refractivity (Wildman–Crippen MR) is 89.2 cm³/mol. The Bertz CT molecular complexity index is 768. The fourth-order valence-corrected chi connectivity index (χ4v) is 2.88. The largest absolute Gasteiger partial charge is 0.475 e. The van der Waals surface area contributed by atoms with Crippen LogP contribution in [0.4, 0.5) is 0 Å². The number of carbonyl (C=O) groups excluding carboxylic acids is 2. The van der Waals surface area contributed by atoms with Crippen LogP contribution in [-0.2, 0) is 25.9 Å². The van der Waals surface area contributed by atoms with E-state index in [4.69, 9.17) is 14.6 Å². The summed E-state index contributed by atoms with van der Waals surface area (Å²) in [4.78, 5) is 23.7. The van der Waals surface area contributed by atoms with Crippen LogP contribution in [0.3, 0.4) is 0 Å². The third kappa shape index (κ3) is 5.18. The molecule has 1 amide bonds. The van der Waals surface area contributed by atoms with Crippen molar-refractivity contribution >= 4 is 28.8 Å². The predicted octanol–water partition coefficient (Wildman–Crippen LogP) is -1.02. The van der Waals surface area contributed by atoms with E-state index in [9.17, 15) is 23.0 Å². The summed E-state index contributed by atoms with van der Waals surface area (Å²) in [6, 6.07) is 4.77. The molecule has 0 saturated heterocycles. The molecule has 0 bridgehead atoms. The van der Waals surface area contributed by atoms with Gasteiger partial charge in [-0.05, 0) is 25.4 Å². The first kappa shape index (κ1) is 19.2. The van der Waals surface area contributed by atoms with Crippen LogP contribution in [0.1, 0.15) is 29.3 Å². The van der Waals surface area contributed by atoms with Gasteiger partial charge in [0.05, 0.1) is 17.9 Å². The van der Waals surface area contributed by atoms with Gasteiger partial charge in [-0.15, -0.1) is 0 Å². The molecule has 1 aliphatic rings. The molecule has 1 heterocycles. The lowest BCUT2D eigenvalue weighted by Gasteiger charge is -2.29. The number of nitrogens with one attached hydrogen (secondary N) is 1. The minimum absolute atomic E-state index is 0.0739. The number of amides is 1. The van der Waals surface area contributed by atoms with Gasteiger partial charge in [-0.2, -0.15) is 0 Å². The first-order chi connectivity index (χ1) is 11.7. The van der Waals surface area contributed by atoms with Gasteiger partial charge in [0.1, 0.15) is 5.75 Å². The average Bonchev–Trinajstić information content (AvgIpc) is 2.53. The Morgan fingerprint density at radius 1 is 1.48 bits per heavy atom. The van der Waals surface area contributed by atoms with E-state index in [1.165, 1.54) is 0 Å². The van der Waals surface area contributed by atoms with E-state index in [0.29, 0.717) is 11.3 Å². The van der Waals surface area contributed by atoms with Crippen LogP contribution in [0.15, 0.2) is 18.2 Å². The van der Waals surface area contributed by atoms with Crippen molar-refractivity contribution in [2.75, 3.05) is 12.4 Å². The number of benzene rings is 1. The second kappa shape index (κ2) is 7.85. The molecule has 9 nitrogen and oxygen atoms in total.